The van der Waals surface area contributed by atoms with Gasteiger partial charge in [0.05, 0.1) is 6.54 Å². The summed E-state index contributed by atoms with van der Waals surface area (Å²) in [6.07, 6.45) is 1.64. The zero-order valence-corrected chi connectivity index (χ0v) is 14.2. The number of benzene rings is 2. The second-order valence-corrected chi connectivity index (χ2v) is 6.14. The molecular formula is C20H24N2O2. The molecule has 0 saturated heterocycles. The van der Waals surface area contributed by atoms with Gasteiger partial charge in [0, 0.05) is 11.6 Å². The van der Waals surface area contributed by atoms with E-state index in [1.165, 1.54) is 10.5 Å². The van der Waals surface area contributed by atoms with E-state index in [0.717, 1.165) is 18.4 Å². The van der Waals surface area contributed by atoms with Gasteiger partial charge in [-0.25, -0.2) is 0 Å². The summed E-state index contributed by atoms with van der Waals surface area (Å²) in [7, 11) is 0. The smallest absolute Gasteiger partial charge is 0.254 e. The van der Waals surface area contributed by atoms with Gasteiger partial charge in [-0.05, 0) is 43.9 Å². The number of rotatable bonds is 7. The van der Waals surface area contributed by atoms with Crippen molar-refractivity contribution in [1.29, 1.82) is 0 Å². The normalized spacial score (nSPS) is 10.6. The predicted molar refractivity (Wildman–Crippen MR) is 95.7 cm³/mol. The maximum absolute atomic E-state index is 12.9. The lowest BCUT2D eigenvalue weighted by Gasteiger charge is -2.26. The number of hydrogen-bond donors (Lipinski definition) is 1. The average molecular weight is 324 g/mol. The van der Waals surface area contributed by atoms with E-state index in [9.17, 15) is 9.59 Å². The molecule has 0 fully saturated rings. The van der Waals surface area contributed by atoms with Crippen molar-refractivity contribution in [2.45, 2.75) is 32.7 Å². The van der Waals surface area contributed by atoms with E-state index in [0.29, 0.717) is 5.56 Å². The molecule has 0 heterocycles. The van der Waals surface area contributed by atoms with Crippen molar-refractivity contribution in [3.05, 3.63) is 71.3 Å². The molecule has 4 heteroatoms. The van der Waals surface area contributed by atoms with Gasteiger partial charge in [0.2, 0.25) is 5.91 Å². The molecule has 0 aliphatic carbocycles. The van der Waals surface area contributed by atoms with E-state index in [4.69, 9.17) is 5.73 Å². The van der Waals surface area contributed by atoms with Gasteiger partial charge in [0.15, 0.2) is 0 Å². The standard InChI is InChI=1S/C20H24N2O2/c1-15(2)22(14-19(21)23)20(24)18-11-7-6-10-17(18)13-12-16-8-4-3-5-9-16/h3-11,15H,12-14H2,1-2H3,(H2,21,23). The predicted octanol–water partition coefficient (Wildman–Crippen LogP) is 2.81. The van der Waals surface area contributed by atoms with E-state index in [1.807, 2.05) is 56.3 Å². The Hall–Kier alpha value is -2.62. The van der Waals surface area contributed by atoms with Crippen LogP contribution in [0.3, 0.4) is 0 Å². The molecule has 0 aliphatic rings. The molecule has 2 N–H and O–H groups in total. The average Bonchev–Trinajstić information content (AvgIpc) is 2.58. The van der Waals surface area contributed by atoms with Gasteiger partial charge < -0.3 is 10.6 Å². The van der Waals surface area contributed by atoms with Crippen LogP contribution in [0, 0.1) is 0 Å². The first kappa shape index (κ1) is 17.7. The number of carbonyl (C=O) groups is 2. The summed E-state index contributed by atoms with van der Waals surface area (Å²) in [5.41, 5.74) is 8.15. The number of carbonyl (C=O) groups excluding carboxylic acids is 2. The Morgan fingerprint density at radius 3 is 2.21 bits per heavy atom. The summed E-state index contributed by atoms with van der Waals surface area (Å²) in [6, 6.07) is 17.7. The Kier molecular flexibility index (Phi) is 6.13. The van der Waals surface area contributed by atoms with Gasteiger partial charge in [0.1, 0.15) is 0 Å². The van der Waals surface area contributed by atoms with Gasteiger partial charge in [-0.3, -0.25) is 9.59 Å². The Morgan fingerprint density at radius 1 is 0.958 bits per heavy atom. The van der Waals surface area contributed by atoms with E-state index in [-0.39, 0.29) is 18.5 Å². The topological polar surface area (TPSA) is 63.4 Å². The third-order valence-electron chi connectivity index (χ3n) is 3.98. The minimum atomic E-state index is -0.501. The summed E-state index contributed by atoms with van der Waals surface area (Å²) >= 11 is 0. The van der Waals surface area contributed by atoms with E-state index < -0.39 is 5.91 Å². The summed E-state index contributed by atoms with van der Waals surface area (Å²) < 4.78 is 0. The number of nitrogens with two attached hydrogens (primary N) is 1. The van der Waals surface area contributed by atoms with Crippen molar-refractivity contribution >= 4 is 11.8 Å². The van der Waals surface area contributed by atoms with Gasteiger partial charge >= 0.3 is 0 Å². The fourth-order valence-electron chi connectivity index (χ4n) is 2.68. The largest absolute Gasteiger partial charge is 0.368 e. The molecule has 4 nitrogen and oxygen atoms in total. The number of nitrogens with zero attached hydrogens (tertiary/aromatic N) is 1. The van der Waals surface area contributed by atoms with Crippen molar-refractivity contribution < 1.29 is 9.59 Å². The quantitative estimate of drug-likeness (QED) is 0.851. The van der Waals surface area contributed by atoms with Crippen LogP contribution in [-0.2, 0) is 17.6 Å². The first-order chi connectivity index (χ1) is 11.5. The highest BCUT2D eigenvalue weighted by atomic mass is 16.2. The molecule has 24 heavy (non-hydrogen) atoms. The van der Waals surface area contributed by atoms with Crippen LogP contribution in [-0.4, -0.2) is 29.3 Å². The van der Waals surface area contributed by atoms with Crippen LogP contribution in [0.2, 0.25) is 0 Å². The Bertz CT molecular complexity index is 696. The maximum atomic E-state index is 12.9. The fraction of sp³-hybridized carbons (Fsp3) is 0.300. The highest BCUT2D eigenvalue weighted by Gasteiger charge is 2.22. The Labute approximate surface area is 143 Å². The van der Waals surface area contributed by atoms with Crippen LogP contribution in [0.15, 0.2) is 54.6 Å². The zero-order chi connectivity index (χ0) is 17.5. The molecule has 0 bridgehead atoms. The molecule has 0 aromatic heterocycles. The maximum Gasteiger partial charge on any atom is 0.254 e. The summed E-state index contributed by atoms with van der Waals surface area (Å²) in [6.45, 7) is 3.70. The second kappa shape index (κ2) is 8.29. The van der Waals surface area contributed by atoms with Crippen LogP contribution in [0.5, 0.6) is 0 Å². The molecule has 0 radical (unpaired) electrons. The molecule has 0 atom stereocenters. The number of primary amides is 1. The highest BCUT2D eigenvalue weighted by Crippen LogP contribution is 2.16. The molecule has 0 aliphatic heterocycles. The van der Waals surface area contributed by atoms with Crippen molar-refractivity contribution in [3.63, 3.8) is 0 Å². The molecule has 2 aromatic carbocycles. The summed E-state index contributed by atoms with van der Waals surface area (Å²) in [4.78, 5) is 25.7. The number of aryl methyl sites for hydroxylation is 2. The van der Waals surface area contributed by atoms with Crippen LogP contribution in [0.1, 0.15) is 35.3 Å². The molecule has 0 spiro atoms. The van der Waals surface area contributed by atoms with Crippen molar-refractivity contribution in [2.75, 3.05) is 6.54 Å². The third-order valence-corrected chi connectivity index (χ3v) is 3.98. The summed E-state index contributed by atoms with van der Waals surface area (Å²) in [5.74, 6) is -0.647. The van der Waals surface area contributed by atoms with Crippen molar-refractivity contribution in [3.8, 4) is 0 Å². The highest BCUT2D eigenvalue weighted by molar-refractivity contribution is 5.97. The van der Waals surface area contributed by atoms with Crippen LogP contribution >= 0.6 is 0 Å². The molecule has 2 aromatic rings. The van der Waals surface area contributed by atoms with Gasteiger partial charge in [-0.2, -0.15) is 0 Å². The zero-order valence-electron chi connectivity index (χ0n) is 14.2. The van der Waals surface area contributed by atoms with Crippen molar-refractivity contribution in [1.82, 2.24) is 4.90 Å². The van der Waals surface area contributed by atoms with E-state index in [1.54, 1.807) is 0 Å². The van der Waals surface area contributed by atoms with E-state index >= 15 is 0 Å². The van der Waals surface area contributed by atoms with Gasteiger partial charge in [-0.1, -0.05) is 48.5 Å². The lowest BCUT2D eigenvalue weighted by molar-refractivity contribution is -0.119. The number of hydrogen-bond acceptors (Lipinski definition) is 2. The molecule has 2 amide bonds. The Balaban J connectivity index is 2.20. The molecule has 0 saturated carbocycles. The second-order valence-electron chi connectivity index (χ2n) is 6.14. The van der Waals surface area contributed by atoms with Crippen LogP contribution in [0.25, 0.3) is 0 Å². The lowest BCUT2D eigenvalue weighted by atomic mass is 9.98. The SMILES string of the molecule is CC(C)N(CC(N)=O)C(=O)c1ccccc1CCc1ccccc1. The van der Waals surface area contributed by atoms with Gasteiger partial charge in [-0.15, -0.1) is 0 Å². The molecular weight excluding hydrogens is 300 g/mol. The minimum Gasteiger partial charge on any atom is -0.368 e. The van der Waals surface area contributed by atoms with Crippen LogP contribution in [0.4, 0.5) is 0 Å². The number of amides is 2. The monoisotopic (exact) mass is 324 g/mol. The Morgan fingerprint density at radius 2 is 1.58 bits per heavy atom. The first-order valence-electron chi connectivity index (χ1n) is 8.20. The van der Waals surface area contributed by atoms with Crippen molar-refractivity contribution in [2.24, 2.45) is 5.73 Å². The van der Waals surface area contributed by atoms with Crippen LogP contribution < -0.4 is 5.73 Å². The first-order valence-corrected chi connectivity index (χ1v) is 8.20. The fourth-order valence-corrected chi connectivity index (χ4v) is 2.68. The molecule has 0 unspecified atom stereocenters. The molecule has 126 valence electrons. The minimum absolute atomic E-state index is 0.0660. The lowest BCUT2D eigenvalue weighted by Crippen LogP contribution is -2.43. The van der Waals surface area contributed by atoms with E-state index in [2.05, 4.69) is 12.1 Å². The third kappa shape index (κ3) is 4.69. The molecule has 2 rings (SSSR count). The summed E-state index contributed by atoms with van der Waals surface area (Å²) in [5, 5.41) is 0. The van der Waals surface area contributed by atoms with Gasteiger partial charge in [0.25, 0.3) is 5.91 Å².